The van der Waals surface area contributed by atoms with Crippen molar-refractivity contribution in [3.8, 4) is 11.5 Å². The molecule has 2 rings (SSSR count). The number of carbonyl (C=O) groups is 1. The Labute approximate surface area is 146 Å². The fraction of sp³-hybridized carbons (Fsp3) is 0.333. The van der Waals surface area contributed by atoms with Crippen LogP contribution < -0.4 is 14.8 Å². The number of ether oxygens (including phenoxy) is 2. The summed E-state index contributed by atoms with van der Waals surface area (Å²) >= 11 is 1.43. The van der Waals surface area contributed by atoms with Gasteiger partial charge in [-0.1, -0.05) is 19.9 Å². The van der Waals surface area contributed by atoms with Gasteiger partial charge in [-0.05, 0) is 36.6 Å². The summed E-state index contributed by atoms with van der Waals surface area (Å²) in [7, 11) is 1.59. The van der Waals surface area contributed by atoms with Crippen molar-refractivity contribution in [3.05, 3.63) is 40.9 Å². The molecular weight excluding hydrogens is 324 g/mol. The van der Waals surface area contributed by atoms with Gasteiger partial charge in [0, 0.05) is 11.5 Å². The summed E-state index contributed by atoms with van der Waals surface area (Å²) in [4.78, 5) is 16.4. The summed E-state index contributed by atoms with van der Waals surface area (Å²) in [6.07, 6.45) is 3.20. The van der Waals surface area contributed by atoms with Crippen molar-refractivity contribution in [1.82, 2.24) is 4.98 Å². The number of carbonyl (C=O) groups excluding carboxylic acids is 1. The summed E-state index contributed by atoms with van der Waals surface area (Å²) in [5.41, 5.74) is 1.84. The molecular formula is C18H22N2O3S. The number of hydrogen-bond donors (Lipinski definition) is 1. The molecule has 0 atom stereocenters. The van der Waals surface area contributed by atoms with E-state index in [9.17, 15) is 4.79 Å². The lowest BCUT2D eigenvalue weighted by Crippen LogP contribution is -2.07. The molecule has 1 aromatic carbocycles. The highest BCUT2D eigenvalue weighted by atomic mass is 32.1. The number of anilines is 1. The molecule has 0 unspecified atom stereocenters. The van der Waals surface area contributed by atoms with E-state index >= 15 is 0 Å². The molecule has 0 saturated carbocycles. The normalized spacial score (nSPS) is 11.0. The van der Waals surface area contributed by atoms with E-state index in [1.807, 2.05) is 30.5 Å². The van der Waals surface area contributed by atoms with Gasteiger partial charge in [-0.2, -0.15) is 0 Å². The van der Waals surface area contributed by atoms with Crippen molar-refractivity contribution in [3.63, 3.8) is 0 Å². The number of nitrogens with zero attached hydrogens (tertiary/aromatic N) is 1. The molecule has 6 heteroatoms. The van der Waals surface area contributed by atoms with Gasteiger partial charge in [-0.15, -0.1) is 11.3 Å². The SMILES string of the molecule is CCOc1ccc(/C=C/C(=O)Nc2nc(C(C)C)cs2)cc1OC. The lowest BCUT2D eigenvalue weighted by molar-refractivity contribution is -0.111. The number of rotatable bonds is 7. The van der Waals surface area contributed by atoms with Crippen molar-refractivity contribution in [2.75, 3.05) is 19.0 Å². The second-order valence-electron chi connectivity index (χ2n) is 5.40. The van der Waals surface area contributed by atoms with Gasteiger partial charge in [-0.3, -0.25) is 10.1 Å². The first kappa shape index (κ1) is 18.0. The Balaban J connectivity index is 2.02. The molecule has 0 fully saturated rings. The maximum Gasteiger partial charge on any atom is 0.250 e. The first-order valence-corrected chi connectivity index (χ1v) is 8.66. The Bertz CT molecular complexity index is 723. The van der Waals surface area contributed by atoms with Crippen molar-refractivity contribution in [2.24, 2.45) is 0 Å². The van der Waals surface area contributed by atoms with Crippen LogP contribution in [0.5, 0.6) is 11.5 Å². The maximum absolute atomic E-state index is 12.0. The summed E-state index contributed by atoms with van der Waals surface area (Å²) in [5.74, 6) is 1.46. The van der Waals surface area contributed by atoms with Crippen LogP contribution in [0.2, 0.25) is 0 Å². The molecule has 0 aliphatic rings. The molecule has 1 heterocycles. The smallest absolute Gasteiger partial charge is 0.250 e. The van der Waals surface area contributed by atoms with E-state index < -0.39 is 0 Å². The van der Waals surface area contributed by atoms with Crippen LogP contribution in [0.3, 0.4) is 0 Å². The van der Waals surface area contributed by atoms with Crippen LogP contribution in [0.25, 0.3) is 6.08 Å². The van der Waals surface area contributed by atoms with E-state index in [0.717, 1.165) is 11.3 Å². The monoisotopic (exact) mass is 346 g/mol. The first-order chi connectivity index (χ1) is 11.5. The number of aromatic nitrogens is 1. The summed E-state index contributed by atoms with van der Waals surface area (Å²) in [6.45, 7) is 6.63. The number of amides is 1. The molecule has 0 aliphatic carbocycles. The van der Waals surface area contributed by atoms with Gasteiger partial charge < -0.3 is 9.47 Å². The third-order valence-electron chi connectivity index (χ3n) is 3.26. The van der Waals surface area contributed by atoms with Crippen molar-refractivity contribution < 1.29 is 14.3 Å². The zero-order valence-corrected chi connectivity index (χ0v) is 15.1. The topological polar surface area (TPSA) is 60.5 Å². The van der Waals surface area contributed by atoms with Gasteiger partial charge in [0.1, 0.15) is 0 Å². The highest BCUT2D eigenvalue weighted by Crippen LogP contribution is 2.28. The van der Waals surface area contributed by atoms with Crippen LogP contribution in [0.4, 0.5) is 5.13 Å². The average Bonchev–Trinajstić information content (AvgIpc) is 3.03. The van der Waals surface area contributed by atoms with Gasteiger partial charge >= 0.3 is 0 Å². The van der Waals surface area contributed by atoms with E-state index in [1.165, 1.54) is 17.4 Å². The van der Waals surface area contributed by atoms with Crippen LogP contribution >= 0.6 is 11.3 Å². The van der Waals surface area contributed by atoms with Crippen molar-refractivity contribution in [2.45, 2.75) is 26.7 Å². The quantitative estimate of drug-likeness (QED) is 0.758. The summed E-state index contributed by atoms with van der Waals surface area (Å²) < 4.78 is 10.8. The second kappa shape index (κ2) is 8.49. The highest BCUT2D eigenvalue weighted by Gasteiger charge is 2.07. The standard InChI is InChI=1S/C18H22N2O3S/c1-5-23-15-8-6-13(10-16(15)22-4)7-9-17(21)20-18-19-14(11-24-18)12(2)3/h6-12H,5H2,1-4H3,(H,19,20,21)/b9-7+. The third kappa shape index (κ3) is 4.83. The molecule has 1 N–H and O–H groups in total. The zero-order chi connectivity index (χ0) is 17.5. The van der Waals surface area contributed by atoms with E-state index in [4.69, 9.17) is 9.47 Å². The lowest BCUT2D eigenvalue weighted by Gasteiger charge is -2.09. The van der Waals surface area contributed by atoms with Crippen LogP contribution in [0.15, 0.2) is 29.7 Å². The molecule has 128 valence electrons. The van der Waals surface area contributed by atoms with E-state index in [2.05, 4.69) is 24.1 Å². The number of nitrogens with one attached hydrogen (secondary N) is 1. The van der Waals surface area contributed by atoms with E-state index in [0.29, 0.717) is 29.2 Å². The minimum absolute atomic E-state index is 0.215. The van der Waals surface area contributed by atoms with E-state index in [-0.39, 0.29) is 5.91 Å². The van der Waals surface area contributed by atoms with Crippen LogP contribution in [-0.4, -0.2) is 24.6 Å². The maximum atomic E-state index is 12.0. The van der Waals surface area contributed by atoms with Crippen LogP contribution in [0.1, 0.15) is 37.9 Å². The first-order valence-electron chi connectivity index (χ1n) is 7.78. The zero-order valence-electron chi connectivity index (χ0n) is 14.3. The molecule has 0 spiro atoms. The van der Waals surface area contributed by atoms with Crippen molar-refractivity contribution in [1.29, 1.82) is 0 Å². The molecule has 5 nitrogen and oxygen atoms in total. The Kier molecular flexibility index (Phi) is 6.37. The Hall–Kier alpha value is -2.34. The molecule has 0 bridgehead atoms. The molecule has 2 aromatic rings. The third-order valence-corrected chi connectivity index (χ3v) is 4.03. The predicted octanol–water partition coefficient (Wildman–Crippen LogP) is 4.33. The lowest BCUT2D eigenvalue weighted by atomic mass is 10.2. The Morgan fingerprint density at radius 2 is 2.17 bits per heavy atom. The molecule has 0 saturated heterocycles. The Morgan fingerprint density at radius 3 is 2.79 bits per heavy atom. The minimum atomic E-state index is -0.215. The van der Waals surface area contributed by atoms with E-state index in [1.54, 1.807) is 13.2 Å². The van der Waals surface area contributed by atoms with Gasteiger partial charge in [0.25, 0.3) is 0 Å². The molecule has 1 aromatic heterocycles. The number of thiazole rings is 1. The predicted molar refractivity (Wildman–Crippen MR) is 98.0 cm³/mol. The summed E-state index contributed by atoms with van der Waals surface area (Å²) in [5, 5.41) is 5.34. The van der Waals surface area contributed by atoms with Crippen molar-refractivity contribution >= 4 is 28.5 Å². The largest absolute Gasteiger partial charge is 0.493 e. The Morgan fingerprint density at radius 1 is 1.38 bits per heavy atom. The number of benzene rings is 1. The molecule has 24 heavy (non-hydrogen) atoms. The fourth-order valence-electron chi connectivity index (χ4n) is 1.99. The van der Waals surface area contributed by atoms with Crippen LogP contribution in [0, 0.1) is 0 Å². The van der Waals surface area contributed by atoms with Crippen LogP contribution in [-0.2, 0) is 4.79 Å². The number of hydrogen-bond acceptors (Lipinski definition) is 5. The van der Waals surface area contributed by atoms with Gasteiger partial charge in [0.15, 0.2) is 16.6 Å². The van der Waals surface area contributed by atoms with Gasteiger partial charge in [0.2, 0.25) is 5.91 Å². The molecule has 1 amide bonds. The average molecular weight is 346 g/mol. The number of methoxy groups -OCH3 is 1. The molecule has 0 aliphatic heterocycles. The highest BCUT2D eigenvalue weighted by molar-refractivity contribution is 7.14. The molecule has 0 radical (unpaired) electrons. The van der Waals surface area contributed by atoms with Gasteiger partial charge in [-0.25, -0.2) is 4.98 Å². The summed E-state index contributed by atoms with van der Waals surface area (Å²) in [6, 6.07) is 5.53. The minimum Gasteiger partial charge on any atom is -0.493 e. The van der Waals surface area contributed by atoms with Gasteiger partial charge in [0.05, 0.1) is 19.4 Å². The second-order valence-corrected chi connectivity index (χ2v) is 6.26. The fourth-order valence-corrected chi connectivity index (χ4v) is 2.87.